The third-order valence-electron chi connectivity index (χ3n) is 3.16. The van der Waals surface area contributed by atoms with E-state index in [2.05, 4.69) is 5.16 Å². The molecule has 0 atom stereocenters. The minimum absolute atomic E-state index is 0.128. The zero-order valence-corrected chi connectivity index (χ0v) is 13.5. The van der Waals surface area contributed by atoms with E-state index in [1.54, 1.807) is 23.1 Å². The quantitative estimate of drug-likeness (QED) is 0.849. The van der Waals surface area contributed by atoms with Crippen LogP contribution in [0.2, 0.25) is 5.02 Å². The first kappa shape index (κ1) is 16.5. The molecule has 22 heavy (non-hydrogen) atoms. The number of hydrogen-bond donors (Lipinski definition) is 0. The summed E-state index contributed by atoms with van der Waals surface area (Å²) >= 11 is 5.84. The maximum atomic E-state index is 12.2. The Hall–Kier alpha value is -1.85. The first-order valence-corrected chi connectivity index (χ1v) is 7.71. The van der Waals surface area contributed by atoms with Gasteiger partial charge in [0.2, 0.25) is 0 Å². The van der Waals surface area contributed by atoms with Crippen molar-refractivity contribution in [2.75, 3.05) is 26.3 Å². The average molecular weight is 323 g/mol. The number of amides is 1. The minimum Gasteiger partial charge on any atom is -0.378 e. The molecule has 0 bridgehead atoms. The second-order valence-electron chi connectivity index (χ2n) is 4.49. The normalized spacial score (nSPS) is 14.2. The second kappa shape index (κ2) is 7.96. The molecule has 1 saturated heterocycles. The minimum atomic E-state index is -0.128. The van der Waals surface area contributed by atoms with Crippen LogP contribution >= 0.6 is 11.6 Å². The lowest BCUT2D eigenvalue weighted by atomic mass is 10.1. The number of nitrogens with zero attached hydrogens (tertiary/aromatic N) is 2. The van der Waals surface area contributed by atoms with E-state index in [1.807, 2.05) is 26.0 Å². The van der Waals surface area contributed by atoms with Crippen LogP contribution in [0.15, 0.2) is 34.9 Å². The van der Waals surface area contributed by atoms with Crippen LogP contribution in [0.4, 0.5) is 0 Å². The van der Waals surface area contributed by atoms with E-state index in [9.17, 15) is 4.79 Å². The molecule has 3 rings (SSSR count). The van der Waals surface area contributed by atoms with Gasteiger partial charge in [0.1, 0.15) is 0 Å². The Kier molecular flexibility index (Phi) is 5.98. The van der Waals surface area contributed by atoms with E-state index in [0.29, 0.717) is 42.8 Å². The van der Waals surface area contributed by atoms with E-state index in [4.69, 9.17) is 20.9 Å². The Morgan fingerprint density at radius 1 is 1.18 bits per heavy atom. The molecule has 5 nitrogen and oxygen atoms in total. The summed E-state index contributed by atoms with van der Waals surface area (Å²) in [5.41, 5.74) is 1.15. The van der Waals surface area contributed by atoms with E-state index in [-0.39, 0.29) is 5.91 Å². The van der Waals surface area contributed by atoms with Crippen LogP contribution < -0.4 is 0 Å². The van der Waals surface area contributed by atoms with Crippen molar-refractivity contribution in [1.82, 2.24) is 10.1 Å². The molecule has 0 spiro atoms. The Bertz CT molecular complexity index is 604. The summed E-state index contributed by atoms with van der Waals surface area (Å²) < 4.78 is 10.5. The van der Waals surface area contributed by atoms with Crippen LogP contribution in [-0.4, -0.2) is 42.3 Å². The smallest absolute Gasteiger partial charge is 0.276 e. The predicted octanol–water partition coefficient (Wildman–Crippen LogP) is 3.49. The van der Waals surface area contributed by atoms with Crippen molar-refractivity contribution in [2.24, 2.45) is 0 Å². The van der Waals surface area contributed by atoms with Crippen LogP contribution in [0.3, 0.4) is 0 Å². The molecule has 0 saturated carbocycles. The van der Waals surface area contributed by atoms with Crippen molar-refractivity contribution in [1.29, 1.82) is 0 Å². The maximum Gasteiger partial charge on any atom is 0.276 e. The van der Waals surface area contributed by atoms with Gasteiger partial charge in [-0.2, -0.15) is 0 Å². The molecule has 1 aliphatic heterocycles. The van der Waals surface area contributed by atoms with Crippen LogP contribution in [0, 0.1) is 0 Å². The number of hydrogen-bond acceptors (Lipinski definition) is 4. The fourth-order valence-corrected chi connectivity index (χ4v) is 2.18. The molecule has 118 valence electrons. The highest BCUT2D eigenvalue weighted by Gasteiger charge is 2.22. The van der Waals surface area contributed by atoms with Gasteiger partial charge in [0.05, 0.1) is 13.2 Å². The summed E-state index contributed by atoms with van der Waals surface area (Å²) in [6.07, 6.45) is 0. The lowest BCUT2D eigenvalue weighted by Crippen LogP contribution is -2.40. The number of carbonyl (C=O) groups is 1. The first-order chi connectivity index (χ1) is 10.7. The fraction of sp³-hybridized carbons (Fsp3) is 0.375. The standard InChI is InChI=1S/C14H13ClN2O3.C2H6/c15-11-3-1-10(2-4-11)13-9-12(16-20-13)14(18)17-5-7-19-8-6-17;1-2/h1-4,9H,5-8H2;1-2H3. The molecule has 1 aromatic carbocycles. The van der Waals surface area contributed by atoms with E-state index >= 15 is 0 Å². The van der Waals surface area contributed by atoms with Crippen molar-refractivity contribution in [2.45, 2.75) is 13.8 Å². The van der Waals surface area contributed by atoms with Gasteiger partial charge >= 0.3 is 0 Å². The van der Waals surface area contributed by atoms with Gasteiger partial charge in [-0.05, 0) is 24.3 Å². The van der Waals surface area contributed by atoms with Gasteiger partial charge in [0.25, 0.3) is 5.91 Å². The number of halogens is 1. The van der Waals surface area contributed by atoms with Crippen molar-refractivity contribution < 1.29 is 14.1 Å². The molecule has 1 fully saturated rings. The highest BCUT2D eigenvalue weighted by atomic mass is 35.5. The second-order valence-corrected chi connectivity index (χ2v) is 4.92. The molecule has 2 aromatic rings. The number of aromatic nitrogens is 1. The predicted molar refractivity (Wildman–Crippen MR) is 85.0 cm³/mol. The van der Waals surface area contributed by atoms with Crippen LogP contribution in [0.5, 0.6) is 0 Å². The van der Waals surface area contributed by atoms with E-state index in [1.165, 1.54) is 0 Å². The highest BCUT2D eigenvalue weighted by molar-refractivity contribution is 6.30. The SMILES string of the molecule is CC.O=C(c1cc(-c2ccc(Cl)cc2)on1)N1CCOCC1. The summed E-state index contributed by atoms with van der Waals surface area (Å²) in [4.78, 5) is 13.9. The first-order valence-electron chi connectivity index (χ1n) is 7.34. The zero-order valence-electron chi connectivity index (χ0n) is 12.7. The van der Waals surface area contributed by atoms with Gasteiger partial charge in [-0.1, -0.05) is 30.6 Å². The summed E-state index contributed by atoms with van der Waals surface area (Å²) in [5.74, 6) is 0.426. The molecule has 0 aliphatic carbocycles. The third kappa shape index (κ3) is 3.87. The molecular weight excluding hydrogens is 304 g/mol. The summed E-state index contributed by atoms with van der Waals surface area (Å²) in [5, 5.41) is 4.50. The summed E-state index contributed by atoms with van der Waals surface area (Å²) in [6, 6.07) is 8.84. The number of carbonyl (C=O) groups excluding carboxylic acids is 1. The van der Waals surface area contributed by atoms with Crippen LogP contribution in [-0.2, 0) is 4.74 Å². The van der Waals surface area contributed by atoms with Crippen molar-refractivity contribution >= 4 is 17.5 Å². The third-order valence-corrected chi connectivity index (χ3v) is 3.41. The molecule has 0 N–H and O–H groups in total. The monoisotopic (exact) mass is 322 g/mol. The molecular formula is C16H19ClN2O3. The fourth-order valence-electron chi connectivity index (χ4n) is 2.05. The Morgan fingerprint density at radius 2 is 1.82 bits per heavy atom. The van der Waals surface area contributed by atoms with Crippen molar-refractivity contribution in [3.8, 4) is 11.3 Å². The van der Waals surface area contributed by atoms with Gasteiger partial charge < -0.3 is 14.2 Å². The highest BCUT2D eigenvalue weighted by Crippen LogP contribution is 2.22. The number of benzene rings is 1. The Labute approximate surface area is 134 Å². The average Bonchev–Trinajstić information content (AvgIpc) is 3.07. The van der Waals surface area contributed by atoms with Gasteiger partial charge in [-0.15, -0.1) is 0 Å². The maximum absolute atomic E-state index is 12.2. The lowest BCUT2D eigenvalue weighted by Gasteiger charge is -2.25. The number of morpholine rings is 1. The summed E-state index contributed by atoms with van der Waals surface area (Å²) in [6.45, 7) is 6.30. The summed E-state index contributed by atoms with van der Waals surface area (Å²) in [7, 11) is 0. The molecule has 1 aliphatic rings. The number of ether oxygens (including phenoxy) is 1. The van der Waals surface area contributed by atoms with Gasteiger partial charge in [0.15, 0.2) is 11.5 Å². The van der Waals surface area contributed by atoms with Crippen molar-refractivity contribution in [3.05, 3.63) is 41.0 Å². The van der Waals surface area contributed by atoms with E-state index in [0.717, 1.165) is 5.56 Å². The largest absolute Gasteiger partial charge is 0.378 e. The molecule has 1 amide bonds. The van der Waals surface area contributed by atoms with Crippen LogP contribution in [0.25, 0.3) is 11.3 Å². The Morgan fingerprint density at radius 3 is 2.45 bits per heavy atom. The van der Waals surface area contributed by atoms with Crippen LogP contribution in [0.1, 0.15) is 24.3 Å². The number of rotatable bonds is 2. The topological polar surface area (TPSA) is 55.6 Å². The lowest BCUT2D eigenvalue weighted by molar-refractivity contribution is 0.0296. The Balaban J connectivity index is 0.000000847. The molecule has 0 unspecified atom stereocenters. The molecule has 6 heteroatoms. The molecule has 1 aromatic heterocycles. The van der Waals surface area contributed by atoms with Gasteiger partial charge in [-0.25, -0.2) is 0 Å². The van der Waals surface area contributed by atoms with E-state index < -0.39 is 0 Å². The molecule has 0 radical (unpaired) electrons. The van der Waals surface area contributed by atoms with Gasteiger partial charge in [-0.3, -0.25) is 4.79 Å². The zero-order chi connectivity index (χ0) is 15.9. The molecule has 2 heterocycles. The van der Waals surface area contributed by atoms with Crippen molar-refractivity contribution in [3.63, 3.8) is 0 Å². The van der Waals surface area contributed by atoms with Gasteiger partial charge in [0, 0.05) is 29.7 Å².